The molecule has 5 N–H and O–H groups in total. The number of nitrogen functional groups attached to an aromatic ring is 1. The Labute approximate surface area is 230 Å². The fourth-order valence-electron chi connectivity index (χ4n) is 4.71. The van der Waals surface area contributed by atoms with Crippen molar-refractivity contribution in [2.24, 2.45) is 0 Å². The molecule has 3 heterocycles. The first-order valence-electron chi connectivity index (χ1n) is 12.4. The number of pyridine rings is 1. The van der Waals surface area contributed by atoms with Gasteiger partial charge in [-0.1, -0.05) is 23.2 Å². The molecule has 0 aliphatic carbocycles. The summed E-state index contributed by atoms with van der Waals surface area (Å²) in [6.07, 6.45) is 2.60. The van der Waals surface area contributed by atoms with Gasteiger partial charge in [-0.15, -0.1) is 0 Å². The van der Waals surface area contributed by atoms with Gasteiger partial charge < -0.3 is 25.5 Å². The van der Waals surface area contributed by atoms with Crippen LogP contribution in [0.2, 0.25) is 10.0 Å². The first-order valence-corrected chi connectivity index (χ1v) is 13.1. The molecule has 0 bridgehead atoms. The monoisotopic (exact) mass is 553 g/mol. The molecule has 1 atom stereocenters. The number of aliphatic hydroxyl groups is 1. The lowest BCUT2D eigenvalue weighted by Crippen LogP contribution is -2.47. The summed E-state index contributed by atoms with van der Waals surface area (Å²) in [6, 6.07) is 11.3. The number of nitrogens with zero attached hydrogens (tertiary/aromatic N) is 4. The highest BCUT2D eigenvalue weighted by Gasteiger charge is 2.20. The fraction of sp³-hybridized carbons (Fsp3) is 0.296. The van der Waals surface area contributed by atoms with Crippen molar-refractivity contribution in [3.8, 4) is 5.75 Å². The first-order chi connectivity index (χ1) is 18.3. The quantitative estimate of drug-likeness (QED) is 0.186. The second-order valence-corrected chi connectivity index (χ2v) is 10.1. The number of hydrogen-bond acceptors (Lipinski definition) is 8. The number of anilines is 2. The molecule has 0 amide bonds. The summed E-state index contributed by atoms with van der Waals surface area (Å²) >= 11 is 12.6. The Morgan fingerprint density at radius 2 is 1.87 bits per heavy atom. The van der Waals surface area contributed by atoms with Gasteiger partial charge in [-0.3, -0.25) is 15.3 Å². The van der Waals surface area contributed by atoms with Gasteiger partial charge in [0.1, 0.15) is 17.6 Å². The Morgan fingerprint density at radius 3 is 2.58 bits per heavy atom. The topological polar surface area (TPSA) is 127 Å². The van der Waals surface area contributed by atoms with Crippen molar-refractivity contribution in [3.63, 3.8) is 0 Å². The molecule has 1 unspecified atom stereocenters. The molecule has 2 aromatic carbocycles. The molecule has 1 aliphatic rings. The number of imidazole rings is 1. The zero-order chi connectivity index (χ0) is 26.8. The molecule has 0 saturated carbocycles. The maximum atomic E-state index is 9.18. The van der Waals surface area contributed by atoms with E-state index in [1.807, 2.05) is 13.0 Å². The van der Waals surface area contributed by atoms with Crippen LogP contribution in [0.1, 0.15) is 30.0 Å². The van der Waals surface area contributed by atoms with Crippen LogP contribution < -0.4 is 15.4 Å². The van der Waals surface area contributed by atoms with Crippen LogP contribution in [-0.2, 0) is 0 Å². The van der Waals surface area contributed by atoms with Crippen LogP contribution in [0.25, 0.3) is 11.0 Å². The van der Waals surface area contributed by atoms with Crippen LogP contribution in [0.15, 0.2) is 48.8 Å². The first kappa shape index (κ1) is 26.2. The normalized spacial score (nSPS) is 15.1. The Balaban J connectivity index is 1.35. The largest absolute Gasteiger partial charge is 0.486 e. The average Bonchev–Trinajstić information content (AvgIpc) is 3.33. The fourth-order valence-corrected chi connectivity index (χ4v) is 5.38. The van der Waals surface area contributed by atoms with Crippen molar-refractivity contribution in [3.05, 3.63) is 75.8 Å². The van der Waals surface area contributed by atoms with E-state index in [-0.39, 0.29) is 12.3 Å². The molecule has 1 fully saturated rings. The Morgan fingerprint density at radius 1 is 1.13 bits per heavy atom. The van der Waals surface area contributed by atoms with E-state index in [1.54, 1.807) is 18.2 Å². The number of piperazine rings is 1. The number of aromatic nitrogens is 3. The van der Waals surface area contributed by atoms with Crippen molar-refractivity contribution >= 4 is 51.3 Å². The third-order valence-corrected chi connectivity index (χ3v) is 7.36. The second-order valence-electron chi connectivity index (χ2n) is 9.24. The van der Waals surface area contributed by atoms with Gasteiger partial charge in [0.15, 0.2) is 5.82 Å². The van der Waals surface area contributed by atoms with Crippen molar-refractivity contribution in [2.45, 2.75) is 13.0 Å². The maximum Gasteiger partial charge on any atom is 0.157 e. The molecule has 11 heteroatoms. The SMILES string of the molecule is CC(Oc1ccc(N)c(C(=N)c2nc3ccc(N4CCN(CCO)CC4)cc3[nH]2)c1)c1c(Cl)cncc1Cl. The van der Waals surface area contributed by atoms with Crippen molar-refractivity contribution in [2.75, 3.05) is 50.0 Å². The number of nitrogens with two attached hydrogens (primary N) is 1. The van der Waals surface area contributed by atoms with Crippen LogP contribution in [0.4, 0.5) is 11.4 Å². The number of fused-ring (bicyclic) bond motifs is 1. The number of H-pyrrole nitrogens is 1. The second kappa shape index (κ2) is 11.2. The van der Waals surface area contributed by atoms with Crippen LogP contribution in [-0.4, -0.2) is 70.0 Å². The molecule has 5 rings (SSSR count). The highest BCUT2D eigenvalue weighted by atomic mass is 35.5. The lowest BCUT2D eigenvalue weighted by molar-refractivity contribution is 0.189. The molecule has 2 aromatic heterocycles. The summed E-state index contributed by atoms with van der Waals surface area (Å²) in [6.45, 7) is 6.33. The van der Waals surface area contributed by atoms with Crippen LogP contribution in [0.3, 0.4) is 0 Å². The standard InChI is InChI=1S/C27H29Cl2N7O2/c1-16(25-20(28)14-32-15-21(25)29)38-18-3-4-22(30)19(13-18)26(31)27-33-23-5-2-17(12-24(23)34-27)36-8-6-35(7-9-36)10-11-37/h2-5,12-16,31,37H,6-11,30H2,1H3,(H,33,34). The van der Waals surface area contributed by atoms with E-state index in [0.717, 1.165) is 42.9 Å². The van der Waals surface area contributed by atoms with Gasteiger partial charge in [0.2, 0.25) is 0 Å². The summed E-state index contributed by atoms with van der Waals surface area (Å²) < 4.78 is 6.11. The predicted octanol–water partition coefficient (Wildman–Crippen LogP) is 4.52. The molecule has 4 aromatic rings. The molecule has 0 spiro atoms. The molecule has 1 aliphatic heterocycles. The van der Waals surface area contributed by atoms with Crippen LogP contribution in [0.5, 0.6) is 5.75 Å². The summed E-state index contributed by atoms with van der Waals surface area (Å²) in [5, 5.41) is 18.9. The van der Waals surface area contributed by atoms with E-state index >= 15 is 0 Å². The lowest BCUT2D eigenvalue weighted by Gasteiger charge is -2.35. The number of aliphatic hydroxyl groups excluding tert-OH is 1. The zero-order valence-corrected chi connectivity index (χ0v) is 22.4. The number of nitrogens with one attached hydrogen (secondary N) is 2. The molecule has 198 valence electrons. The average molecular weight is 554 g/mol. The maximum absolute atomic E-state index is 9.18. The number of ether oxygens (including phenoxy) is 1. The Bertz CT molecular complexity index is 1450. The van der Waals surface area contributed by atoms with Crippen molar-refractivity contribution < 1.29 is 9.84 Å². The Hall–Kier alpha value is -3.37. The number of hydrogen-bond donors (Lipinski definition) is 4. The van der Waals surface area contributed by atoms with Crippen LogP contribution in [0, 0.1) is 5.41 Å². The molecular weight excluding hydrogens is 525 g/mol. The van der Waals surface area contributed by atoms with E-state index in [4.69, 9.17) is 39.1 Å². The minimum atomic E-state index is -0.446. The highest BCUT2D eigenvalue weighted by molar-refractivity contribution is 6.35. The summed E-state index contributed by atoms with van der Waals surface area (Å²) in [7, 11) is 0. The van der Waals surface area contributed by atoms with Crippen molar-refractivity contribution in [1.29, 1.82) is 5.41 Å². The van der Waals surface area contributed by atoms with Crippen LogP contribution >= 0.6 is 23.2 Å². The van der Waals surface area contributed by atoms with E-state index < -0.39 is 6.10 Å². The molecule has 1 saturated heterocycles. The highest BCUT2D eigenvalue weighted by Crippen LogP contribution is 2.33. The van der Waals surface area contributed by atoms with E-state index in [1.165, 1.54) is 12.4 Å². The third-order valence-electron chi connectivity index (χ3n) is 6.76. The smallest absolute Gasteiger partial charge is 0.157 e. The van der Waals surface area contributed by atoms with Gasteiger partial charge in [0.05, 0.1) is 27.7 Å². The lowest BCUT2D eigenvalue weighted by atomic mass is 10.1. The molecule has 0 radical (unpaired) electrons. The molecule has 9 nitrogen and oxygen atoms in total. The third kappa shape index (κ3) is 5.42. The molecule has 38 heavy (non-hydrogen) atoms. The predicted molar refractivity (Wildman–Crippen MR) is 152 cm³/mol. The van der Waals surface area contributed by atoms with Gasteiger partial charge in [0, 0.05) is 67.6 Å². The van der Waals surface area contributed by atoms with E-state index in [9.17, 15) is 5.11 Å². The number of halogens is 2. The Kier molecular flexibility index (Phi) is 7.71. The summed E-state index contributed by atoms with van der Waals surface area (Å²) in [5.41, 5.74) is 10.7. The minimum Gasteiger partial charge on any atom is -0.486 e. The van der Waals surface area contributed by atoms with Gasteiger partial charge >= 0.3 is 0 Å². The minimum absolute atomic E-state index is 0.163. The molecular formula is C27H29Cl2N7O2. The summed E-state index contributed by atoms with van der Waals surface area (Å²) in [4.78, 5) is 16.5. The van der Waals surface area contributed by atoms with Gasteiger partial charge in [-0.05, 0) is 43.3 Å². The van der Waals surface area contributed by atoms with E-state index in [2.05, 4.69) is 36.9 Å². The van der Waals surface area contributed by atoms with Gasteiger partial charge in [-0.2, -0.15) is 0 Å². The number of aromatic amines is 1. The number of benzene rings is 2. The zero-order valence-electron chi connectivity index (χ0n) is 20.9. The van der Waals surface area contributed by atoms with Crippen molar-refractivity contribution in [1.82, 2.24) is 19.9 Å². The number of rotatable bonds is 8. The summed E-state index contributed by atoms with van der Waals surface area (Å²) in [5.74, 6) is 0.941. The number of β-amino-alcohol motifs (C(OH)–C–C–N with tert-alkyl or cyclic N) is 1. The van der Waals surface area contributed by atoms with Gasteiger partial charge in [-0.25, -0.2) is 4.98 Å². The van der Waals surface area contributed by atoms with E-state index in [0.29, 0.717) is 45.0 Å². The van der Waals surface area contributed by atoms with Gasteiger partial charge in [0.25, 0.3) is 0 Å².